The lowest BCUT2D eigenvalue weighted by molar-refractivity contribution is -0.0258. The lowest BCUT2D eigenvalue weighted by Gasteiger charge is -2.37. The fourth-order valence-electron chi connectivity index (χ4n) is 4.11. The number of hydrogen-bond donors (Lipinski definition) is 1. The van der Waals surface area contributed by atoms with Gasteiger partial charge in [0.05, 0.1) is 11.8 Å². The number of ether oxygens (including phenoxy) is 1. The van der Waals surface area contributed by atoms with E-state index in [4.69, 9.17) is 9.84 Å². The van der Waals surface area contributed by atoms with E-state index in [2.05, 4.69) is 58.3 Å². The molecule has 3 unspecified atom stereocenters. The van der Waals surface area contributed by atoms with Gasteiger partial charge in [0.25, 0.3) is 0 Å². The Labute approximate surface area is 160 Å². The first-order chi connectivity index (χ1) is 12.9. The molecule has 2 aromatic heterocycles. The molecule has 1 N–H and O–H groups in total. The molecule has 2 aliphatic rings. The fourth-order valence-corrected chi connectivity index (χ4v) is 4.11. The molecule has 0 amide bonds. The molecule has 1 fully saturated rings. The monoisotopic (exact) mass is 368 g/mol. The normalized spacial score (nSPS) is 27.6. The Morgan fingerprint density at radius 1 is 1.26 bits per heavy atom. The summed E-state index contributed by atoms with van der Waals surface area (Å²) in [6.45, 7) is 8.20. The van der Waals surface area contributed by atoms with Crippen LogP contribution in [0.1, 0.15) is 24.7 Å². The van der Waals surface area contributed by atoms with E-state index in [-0.39, 0.29) is 12.2 Å². The highest BCUT2D eigenvalue weighted by atomic mass is 16.5. The van der Waals surface area contributed by atoms with Gasteiger partial charge in [-0.25, -0.2) is 0 Å². The van der Waals surface area contributed by atoms with E-state index in [9.17, 15) is 0 Å². The molecule has 1 aliphatic heterocycles. The van der Waals surface area contributed by atoms with Gasteiger partial charge >= 0.3 is 0 Å². The van der Waals surface area contributed by atoms with Crippen LogP contribution in [0, 0.1) is 13.8 Å². The Balaban J connectivity index is 1.82. The highest BCUT2D eigenvalue weighted by Crippen LogP contribution is 2.35. The number of allylic oxidation sites excluding steroid dienone is 2. The van der Waals surface area contributed by atoms with Crippen molar-refractivity contribution in [3.63, 3.8) is 0 Å². The molecule has 0 saturated carbocycles. The van der Waals surface area contributed by atoms with E-state index in [0.29, 0.717) is 0 Å². The molecule has 144 valence electrons. The van der Waals surface area contributed by atoms with Gasteiger partial charge in [-0.2, -0.15) is 10.2 Å². The lowest BCUT2D eigenvalue weighted by atomic mass is 9.89. The molecule has 7 heteroatoms. The smallest absolute Gasteiger partial charge is 0.179 e. The number of rotatable bonds is 4. The van der Waals surface area contributed by atoms with Crippen molar-refractivity contribution in [1.29, 1.82) is 0 Å². The second-order valence-corrected chi connectivity index (χ2v) is 7.87. The summed E-state index contributed by atoms with van der Waals surface area (Å²) in [7, 11) is 3.94. The first kappa shape index (κ1) is 18.1. The predicted octanol–water partition coefficient (Wildman–Crippen LogP) is 2.10. The van der Waals surface area contributed by atoms with E-state index >= 15 is 0 Å². The van der Waals surface area contributed by atoms with E-state index in [1.807, 2.05) is 25.9 Å². The van der Waals surface area contributed by atoms with Crippen LogP contribution in [0.5, 0.6) is 0 Å². The highest BCUT2D eigenvalue weighted by molar-refractivity contribution is 5.91. The van der Waals surface area contributed by atoms with Crippen molar-refractivity contribution >= 4 is 16.7 Å². The molecule has 3 atom stereocenters. The molecular formula is C20H28N6O. The first-order valence-electron chi connectivity index (χ1n) is 9.54. The Hall–Kier alpha value is -2.25. The highest BCUT2D eigenvalue weighted by Gasteiger charge is 2.39. The Kier molecular flexibility index (Phi) is 4.52. The minimum atomic E-state index is -0.406. The number of aromatic nitrogens is 4. The van der Waals surface area contributed by atoms with Crippen LogP contribution in [0.15, 0.2) is 24.3 Å². The van der Waals surface area contributed by atoms with Crippen LogP contribution in [0.25, 0.3) is 10.9 Å². The van der Waals surface area contributed by atoms with Crippen LogP contribution in [0.3, 0.4) is 0 Å². The van der Waals surface area contributed by atoms with Crippen molar-refractivity contribution in [2.45, 2.75) is 44.9 Å². The van der Waals surface area contributed by atoms with Crippen molar-refractivity contribution in [1.82, 2.24) is 25.3 Å². The van der Waals surface area contributed by atoms with Crippen molar-refractivity contribution < 1.29 is 4.74 Å². The first-order valence-corrected chi connectivity index (χ1v) is 9.54. The Morgan fingerprint density at radius 2 is 2.07 bits per heavy atom. The second-order valence-electron chi connectivity index (χ2n) is 7.87. The summed E-state index contributed by atoms with van der Waals surface area (Å²) >= 11 is 0. The number of nitrogens with zero attached hydrogens (tertiary/aromatic N) is 5. The van der Waals surface area contributed by atoms with Crippen LogP contribution in [0.4, 0.5) is 5.82 Å². The maximum atomic E-state index is 6.48. The van der Waals surface area contributed by atoms with Gasteiger partial charge in [-0.3, -0.25) is 4.68 Å². The van der Waals surface area contributed by atoms with E-state index < -0.39 is 5.54 Å². The van der Waals surface area contributed by atoms with Crippen LogP contribution in [-0.2, 0) is 10.3 Å². The molecule has 4 rings (SSSR count). The SMILES string of the molecule is Cc1nnc(N(C)C)c2nn(C3(C)C=CC=CC3OC3CCNC3)c(C)c12. The summed E-state index contributed by atoms with van der Waals surface area (Å²) in [5, 5.41) is 18.2. The standard InChI is InChI=1S/C20H28N6O/c1-13-17-14(2)26(24-18(17)19(23-22-13)25(4)5)20(3)10-7-6-8-16(20)27-15-9-11-21-12-15/h6-8,10,15-16,21H,9,11-12H2,1-5H3. The molecule has 3 heterocycles. The molecule has 27 heavy (non-hydrogen) atoms. The molecule has 7 nitrogen and oxygen atoms in total. The molecule has 0 radical (unpaired) electrons. The van der Waals surface area contributed by atoms with E-state index in [0.717, 1.165) is 47.6 Å². The summed E-state index contributed by atoms with van der Waals surface area (Å²) in [5.74, 6) is 0.786. The fraction of sp³-hybridized carbons (Fsp3) is 0.550. The van der Waals surface area contributed by atoms with Gasteiger partial charge < -0.3 is 15.0 Å². The summed E-state index contributed by atoms with van der Waals surface area (Å²) < 4.78 is 8.57. The van der Waals surface area contributed by atoms with Crippen molar-refractivity contribution in [2.75, 3.05) is 32.1 Å². The summed E-state index contributed by atoms with van der Waals surface area (Å²) in [4.78, 5) is 1.96. The van der Waals surface area contributed by atoms with Crippen LogP contribution in [0.2, 0.25) is 0 Å². The molecule has 0 aromatic carbocycles. The van der Waals surface area contributed by atoms with Gasteiger partial charge in [0.15, 0.2) is 5.82 Å². The molecular weight excluding hydrogens is 340 g/mol. The maximum Gasteiger partial charge on any atom is 0.179 e. The number of hydrogen-bond acceptors (Lipinski definition) is 6. The third-order valence-electron chi connectivity index (χ3n) is 5.63. The number of fused-ring (bicyclic) bond motifs is 1. The number of nitrogens with one attached hydrogen (secondary N) is 1. The van der Waals surface area contributed by atoms with Gasteiger partial charge in [0, 0.05) is 31.7 Å². The average molecular weight is 368 g/mol. The average Bonchev–Trinajstić information content (AvgIpc) is 3.26. The molecule has 1 aliphatic carbocycles. The van der Waals surface area contributed by atoms with Gasteiger partial charge in [-0.15, -0.1) is 5.10 Å². The summed E-state index contributed by atoms with van der Waals surface area (Å²) in [5.41, 5.74) is 2.46. The zero-order chi connectivity index (χ0) is 19.2. The summed E-state index contributed by atoms with van der Waals surface area (Å²) in [6, 6.07) is 0. The number of aryl methyl sites for hydroxylation is 2. The van der Waals surface area contributed by atoms with Gasteiger partial charge in [0.2, 0.25) is 0 Å². The molecule has 1 saturated heterocycles. The van der Waals surface area contributed by atoms with Crippen LogP contribution in [-0.4, -0.2) is 59.4 Å². The zero-order valence-corrected chi connectivity index (χ0v) is 16.7. The van der Waals surface area contributed by atoms with E-state index in [1.54, 1.807) is 0 Å². The van der Waals surface area contributed by atoms with Crippen LogP contribution < -0.4 is 10.2 Å². The van der Waals surface area contributed by atoms with E-state index in [1.165, 1.54) is 0 Å². The third-order valence-corrected chi connectivity index (χ3v) is 5.63. The Bertz CT molecular complexity index is 909. The predicted molar refractivity (Wildman–Crippen MR) is 107 cm³/mol. The largest absolute Gasteiger partial charge is 0.367 e. The quantitative estimate of drug-likeness (QED) is 0.891. The summed E-state index contributed by atoms with van der Waals surface area (Å²) in [6.07, 6.45) is 9.66. The van der Waals surface area contributed by atoms with Gasteiger partial charge in [-0.1, -0.05) is 24.3 Å². The minimum absolute atomic E-state index is 0.0792. The molecule has 0 spiro atoms. The minimum Gasteiger partial charge on any atom is -0.367 e. The maximum absolute atomic E-state index is 6.48. The molecule has 0 bridgehead atoms. The van der Waals surface area contributed by atoms with Crippen molar-refractivity contribution in [3.8, 4) is 0 Å². The zero-order valence-electron chi connectivity index (χ0n) is 16.7. The van der Waals surface area contributed by atoms with Gasteiger partial charge in [-0.05, 0) is 33.7 Å². The van der Waals surface area contributed by atoms with Crippen molar-refractivity contribution in [2.24, 2.45) is 0 Å². The topological polar surface area (TPSA) is 68.1 Å². The van der Waals surface area contributed by atoms with Crippen LogP contribution >= 0.6 is 0 Å². The van der Waals surface area contributed by atoms with Gasteiger partial charge in [0.1, 0.15) is 17.2 Å². The number of anilines is 1. The third kappa shape index (κ3) is 2.95. The van der Waals surface area contributed by atoms with Crippen molar-refractivity contribution in [3.05, 3.63) is 35.7 Å². The lowest BCUT2D eigenvalue weighted by Crippen LogP contribution is -2.45. The molecule has 2 aromatic rings. The Morgan fingerprint density at radius 3 is 2.78 bits per heavy atom. The second kappa shape index (κ2) is 6.73.